The molecule has 0 aromatic rings. The molecule has 0 aromatic heterocycles. The summed E-state index contributed by atoms with van der Waals surface area (Å²) in [6, 6.07) is 2.29. The number of fused-ring (bicyclic) bond motifs is 2. The normalized spacial score (nSPS) is 34.6. The van der Waals surface area contributed by atoms with Crippen LogP contribution in [0.15, 0.2) is 0 Å². The van der Waals surface area contributed by atoms with Crippen LogP contribution in [0.2, 0.25) is 0 Å². The van der Waals surface area contributed by atoms with E-state index in [0.29, 0.717) is 13.1 Å². The number of morpholine rings is 1. The SMILES string of the molecule is N#CC1(C(=O)N2CC3CCC(C2)O3)CCCC1. The highest BCUT2D eigenvalue weighted by molar-refractivity contribution is 5.86. The van der Waals surface area contributed by atoms with Gasteiger partial charge in [-0.2, -0.15) is 5.26 Å². The number of ether oxygens (including phenoxy) is 1. The molecule has 2 bridgehead atoms. The number of nitrogens with zero attached hydrogens (tertiary/aromatic N) is 2. The first-order chi connectivity index (χ1) is 8.23. The van der Waals surface area contributed by atoms with Crippen LogP contribution < -0.4 is 0 Å². The van der Waals surface area contributed by atoms with Crippen LogP contribution in [-0.2, 0) is 9.53 Å². The maximum Gasteiger partial charge on any atom is 0.243 e. The van der Waals surface area contributed by atoms with Gasteiger partial charge in [0.15, 0.2) is 0 Å². The maximum absolute atomic E-state index is 12.5. The maximum atomic E-state index is 12.5. The van der Waals surface area contributed by atoms with E-state index in [1.165, 1.54) is 0 Å². The molecule has 2 atom stereocenters. The lowest BCUT2D eigenvalue weighted by Crippen LogP contribution is -2.50. The molecule has 2 saturated heterocycles. The minimum absolute atomic E-state index is 0.0673. The summed E-state index contributed by atoms with van der Waals surface area (Å²) < 4.78 is 5.73. The number of nitriles is 1. The van der Waals surface area contributed by atoms with Crippen LogP contribution in [-0.4, -0.2) is 36.1 Å². The monoisotopic (exact) mass is 234 g/mol. The predicted octanol–water partition coefficient (Wildman–Crippen LogP) is 1.46. The lowest BCUT2D eigenvalue weighted by Gasteiger charge is -2.36. The quantitative estimate of drug-likeness (QED) is 0.690. The third-order valence-corrected chi connectivity index (χ3v) is 4.41. The van der Waals surface area contributed by atoms with Crippen LogP contribution >= 0.6 is 0 Å². The minimum Gasteiger partial charge on any atom is -0.371 e. The topological polar surface area (TPSA) is 53.3 Å². The number of hydrogen-bond donors (Lipinski definition) is 0. The van der Waals surface area contributed by atoms with Crippen molar-refractivity contribution in [1.82, 2.24) is 4.90 Å². The molecule has 1 saturated carbocycles. The Morgan fingerprint density at radius 2 is 1.82 bits per heavy atom. The molecular formula is C13H18N2O2. The van der Waals surface area contributed by atoms with Crippen LogP contribution in [0.1, 0.15) is 38.5 Å². The van der Waals surface area contributed by atoms with Gasteiger partial charge < -0.3 is 9.64 Å². The van der Waals surface area contributed by atoms with Crippen molar-refractivity contribution in [3.05, 3.63) is 0 Å². The fourth-order valence-electron chi connectivity index (χ4n) is 3.44. The van der Waals surface area contributed by atoms with Gasteiger partial charge in [-0.3, -0.25) is 4.79 Å². The van der Waals surface area contributed by atoms with Crippen molar-refractivity contribution in [3.63, 3.8) is 0 Å². The summed E-state index contributed by atoms with van der Waals surface area (Å²) in [5.41, 5.74) is -0.712. The largest absolute Gasteiger partial charge is 0.371 e. The van der Waals surface area contributed by atoms with E-state index in [1.807, 2.05) is 4.90 Å². The second kappa shape index (κ2) is 3.99. The highest BCUT2D eigenvalue weighted by Gasteiger charge is 2.46. The number of hydrogen-bond acceptors (Lipinski definition) is 3. The zero-order valence-corrected chi connectivity index (χ0v) is 10.0. The standard InChI is InChI=1S/C13H18N2O2/c14-9-13(5-1-2-6-13)12(16)15-7-10-3-4-11(8-15)17-10/h10-11H,1-8H2. The summed E-state index contributed by atoms with van der Waals surface area (Å²) in [7, 11) is 0. The third kappa shape index (κ3) is 1.73. The van der Waals surface area contributed by atoms with Gasteiger partial charge in [0.05, 0.1) is 18.3 Å². The fraction of sp³-hybridized carbons (Fsp3) is 0.846. The minimum atomic E-state index is -0.712. The van der Waals surface area contributed by atoms with E-state index in [2.05, 4.69) is 6.07 Å². The van der Waals surface area contributed by atoms with Gasteiger partial charge in [0.2, 0.25) is 5.91 Å². The van der Waals surface area contributed by atoms with Gasteiger partial charge >= 0.3 is 0 Å². The summed E-state index contributed by atoms with van der Waals surface area (Å²) >= 11 is 0. The van der Waals surface area contributed by atoms with Gasteiger partial charge in [-0.25, -0.2) is 0 Å². The highest BCUT2D eigenvalue weighted by atomic mass is 16.5. The zero-order valence-electron chi connectivity index (χ0n) is 10.0. The van der Waals surface area contributed by atoms with Crippen molar-refractivity contribution in [1.29, 1.82) is 5.26 Å². The van der Waals surface area contributed by atoms with Gasteiger partial charge in [-0.15, -0.1) is 0 Å². The zero-order chi connectivity index (χ0) is 11.9. The predicted molar refractivity (Wildman–Crippen MR) is 61.0 cm³/mol. The molecular weight excluding hydrogens is 216 g/mol. The Morgan fingerprint density at radius 1 is 1.24 bits per heavy atom. The first-order valence-corrected chi connectivity index (χ1v) is 6.60. The molecule has 3 aliphatic rings. The van der Waals surface area contributed by atoms with E-state index in [4.69, 9.17) is 4.74 Å². The molecule has 0 N–H and O–H groups in total. The molecule has 3 fully saturated rings. The second-order valence-corrected chi connectivity index (χ2v) is 5.57. The summed E-state index contributed by atoms with van der Waals surface area (Å²) in [6.07, 6.45) is 6.07. The van der Waals surface area contributed by atoms with E-state index in [0.717, 1.165) is 38.5 Å². The van der Waals surface area contributed by atoms with E-state index in [-0.39, 0.29) is 18.1 Å². The molecule has 1 amide bonds. The number of carbonyl (C=O) groups excluding carboxylic acids is 1. The number of rotatable bonds is 1. The van der Waals surface area contributed by atoms with Gasteiger partial charge in [-0.1, -0.05) is 12.8 Å². The molecule has 2 heterocycles. The van der Waals surface area contributed by atoms with Crippen molar-refractivity contribution in [2.45, 2.75) is 50.7 Å². The fourth-order valence-corrected chi connectivity index (χ4v) is 3.44. The molecule has 1 aliphatic carbocycles. The van der Waals surface area contributed by atoms with Gasteiger partial charge in [0, 0.05) is 13.1 Å². The number of amides is 1. The summed E-state index contributed by atoms with van der Waals surface area (Å²) in [4.78, 5) is 14.4. The van der Waals surface area contributed by atoms with Gasteiger partial charge in [0.1, 0.15) is 5.41 Å². The summed E-state index contributed by atoms with van der Waals surface area (Å²) in [5, 5.41) is 9.34. The molecule has 0 radical (unpaired) electrons. The van der Waals surface area contributed by atoms with Crippen molar-refractivity contribution in [2.24, 2.45) is 5.41 Å². The van der Waals surface area contributed by atoms with Gasteiger partial charge in [-0.05, 0) is 25.7 Å². The van der Waals surface area contributed by atoms with E-state index in [1.54, 1.807) is 0 Å². The Morgan fingerprint density at radius 3 is 2.35 bits per heavy atom. The lowest BCUT2D eigenvalue weighted by molar-refractivity contribution is -0.147. The molecule has 92 valence electrons. The Bertz CT molecular complexity index is 356. The summed E-state index contributed by atoms with van der Waals surface area (Å²) in [5.74, 6) is 0.0673. The average molecular weight is 234 g/mol. The Labute approximate surface area is 102 Å². The van der Waals surface area contributed by atoms with E-state index < -0.39 is 5.41 Å². The first kappa shape index (κ1) is 11.0. The molecule has 0 aromatic carbocycles. The van der Waals surface area contributed by atoms with Gasteiger partial charge in [0.25, 0.3) is 0 Å². The average Bonchev–Trinajstić information content (AvgIpc) is 2.96. The number of likely N-dealkylation sites (tertiary alicyclic amines) is 1. The van der Waals surface area contributed by atoms with Crippen LogP contribution in [0.5, 0.6) is 0 Å². The lowest BCUT2D eigenvalue weighted by atomic mass is 9.86. The molecule has 4 heteroatoms. The van der Waals surface area contributed by atoms with Crippen molar-refractivity contribution in [3.8, 4) is 6.07 Å². The van der Waals surface area contributed by atoms with Crippen LogP contribution in [0.3, 0.4) is 0 Å². The van der Waals surface area contributed by atoms with Crippen LogP contribution in [0, 0.1) is 16.7 Å². The Hall–Kier alpha value is -1.08. The van der Waals surface area contributed by atoms with Crippen LogP contribution in [0.4, 0.5) is 0 Å². The Balaban J connectivity index is 1.76. The number of carbonyl (C=O) groups is 1. The van der Waals surface area contributed by atoms with Crippen molar-refractivity contribution in [2.75, 3.05) is 13.1 Å². The smallest absolute Gasteiger partial charge is 0.243 e. The molecule has 3 rings (SSSR count). The summed E-state index contributed by atoms with van der Waals surface area (Å²) in [6.45, 7) is 1.39. The van der Waals surface area contributed by atoms with Crippen molar-refractivity contribution < 1.29 is 9.53 Å². The second-order valence-electron chi connectivity index (χ2n) is 5.57. The van der Waals surface area contributed by atoms with Crippen LogP contribution in [0.25, 0.3) is 0 Å². The molecule has 4 nitrogen and oxygen atoms in total. The van der Waals surface area contributed by atoms with E-state index >= 15 is 0 Å². The molecule has 2 unspecified atom stereocenters. The Kier molecular flexibility index (Phi) is 2.59. The molecule has 0 spiro atoms. The molecule has 17 heavy (non-hydrogen) atoms. The third-order valence-electron chi connectivity index (χ3n) is 4.41. The van der Waals surface area contributed by atoms with Crippen molar-refractivity contribution >= 4 is 5.91 Å². The first-order valence-electron chi connectivity index (χ1n) is 6.60. The molecule has 2 aliphatic heterocycles. The van der Waals surface area contributed by atoms with E-state index in [9.17, 15) is 10.1 Å². The highest BCUT2D eigenvalue weighted by Crippen LogP contribution is 2.40.